The predicted molar refractivity (Wildman–Crippen MR) is 120 cm³/mol. The third-order valence-corrected chi connectivity index (χ3v) is 4.99. The molecule has 0 radical (unpaired) electrons. The van der Waals surface area contributed by atoms with Gasteiger partial charge in [0.2, 0.25) is 6.79 Å². The standard InChI is InChI=1S/C19H26N6O3.HI/c1-20-18(22-12-14-6-7-15-16(11-14)28-13-27-15)21-8-4-10-25-19(26)24-9-3-2-5-17(24)23-25;/h6-7,11H,2-5,8-10,12-13H2,1H3,(H2,20,21,22);1H. The Morgan fingerprint density at radius 2 is 2.10 bits per heavy atom. The first-order chi connectivity index (χ1) is 13.7. The molecule has 0 aliphatic carbocycles. The SMILES string of the molecule is CN=C(NCCCn1nc2n(c1=O)CCCC2)NCc1ccc2c(c1)OCO2.I. The molecule has 0 bridgehead atoms. The van der Waals surface area contributed by atoms with E-state index in [0.717, 1.165) is 55.1 Å². The molecule has 0 spiro atoms. The minimum Gasteiger partial charge on any atom is -0.454 e. The van der Waals surface area contributed by atoms with Crippen LogP contribution >= 0.6 is 24.0 Å². The summed E-state index contributed by atoms with van der Waals surface area (Å²) < 4.78 is 14.1. The Bertz CT molecular complexity index is 923. The number of rotatable bonds is 6. The molecule has 2 aliphatic rings. The summed E-state index contributed by atoms with van der Waals surface area (Å²) in [5.41, 5.74) is 1.10. The fraction of sp³-hybridized carbons (Fsp3) is 0.526. The molecule has 4 rings (SSSR count). The number of ether oxygens (including phenoxy) is 2. The van der Waals surface area contributed by atoms with Crippen LogP contribution in [0.4, 0.5) is 0 Å². The number of aliphatic imine (C=N–C) groups is 1. The van der Waals surface area contributed by atoms with Gasteiger partial charge in [0.05, 0.1) is 0 Å². The number of benzene rings is 1. The number of nitrogens with one attached hydrogen (secondary N) is 2. The number of nitrogens with zero attached hydrogens (tertiary/aromatic N) is 4. The van der Waals surface area contributed by atoms with Gasteiger partial charge in [-0.3, -0.25) is 9.56 Å². The van der Waals surface area contributed by atoms with Gasteiger partial charge in [0, 0.05) is 39.6 Å². The zero-order valence-electron chi connectivity index (χ0n) is 16.5. The Kier molecular flexibility index (Phi) is 7.40. The summed E-state index contributed by atoms with van der Waals surface area (Å²) in [5.74, 6) is 3.19. The second-order valence-electron chi connectivity index (χ2n) is 6.92. The van der Waals surface area contributed by atoms with Crippen molar-refractivity contribution in [3.8, 4) is 11.5 Å². The lowest BCUT2D eigenvalue weighted by Gasteiger charge is -2.12. The lowest BCUT2D eigenvalue weighted by atomic mass is 10.2. The minimum absolute atomic E-state index is 0. The molecule has 9 nitrogen and oxygen atoms in total. The molecule has 1 aromatic carbocycles. The molecular formula is C19H27IN6O3. The second-order valence-corrected chi connectivity index (χ2v) is 6.92. The van der Waals surface area contributed by atoms with Crippen molar-refractivity contribution in [1.29, 1.82) is 0 Å². The maximum atomic E-state index is 12.3. The van der Waals surface area contributed by atoms with Crippen molar-refractivity contribution in [1.82, 2.24) is 25.0 Å². The lowest BCUT2D eigenvalue weighted by Crippen LogP contribution is -2.37. The topological polar surface area (TPSA) is 94.7 Å². The molecular weight excluding hydrogens is 487 g/mol. The molecule has 2 aliphatic heterocycles. The highest BCUT2D eigenvalue weighted by Crippen LogP contribution is 2.32. The zero-order chi connectivity index (χ0) is 19.3. The van der Waals surface area contributed by atoms with Crippen LogP contribution in [0.15, 0.2) is 28.0 Å². The molecule has 0 atom stereocenters. The molecule has 2 aromatic rings. The van der Waals surface area contributed by atoms with E-state index in [1.165, 1.54) is 0 Å². The Labute approximate surface area is 186 Å². The summed E-state index contributed by atoms with van der Waals surface area (Å²) in [7, 11) is 1.74. The normalized spacial score (nSPS) is 14.9. The van der Waals surface area contributed by atoms with Crippen LogP contribution in [0.2, 0.25) is 0 Å². The third-order valence-electron chi connectivity index (χ3n) is 4.99. The van der Waals surface area contributed by atoms with Crippen LogP contribution in [-0.4, -0.2) is 40.7 Å². The lowest BCUT2D eigenvalue weighted by molar-refractivity contribution is 0.174. The van der Waals surface area contributed by atoms with Crippen LogP contribution < -0.4 is 25.8 Å². The van der Waals surface area contributed by atoms with Crippen LogP contribution in [0.25, 0.3) is 0 Å². The second kappa shape index (κ2) is 9.99. The molecule has 10 heteroatoms. The van der Waals surface area contributed by atoms with Crippen molar-refractivity contribution < 1.29 is 9.47 Å². The van der Waals surface area contributed by atoms with E-state index >= 15 is 0 Å². The first-order valence-electron chi connectivity index (χ1n) is 9.74. The van der Waals surface area contributed by atoms with Gasteiger partial charge in [0.1, 0.15) is 5.82 Å². The number of fused-ring (bicyclic) bond motifs is 2. The maximum Gasteiger partial charge on any atom is 0.345 e. The number of halogens is 1. The Morgan fingerprint density at radius 1 is 1.24 bits per heavy atom. The number of aromatic nitrogens is 3. The van der Waals surface area contributed by atoms with E-state index < -0.39 is 0 Å². The molecule has 0 amide bonds. The van der Waals surface area contributed by atoms with Gasteiger partial charge in [-0.2, -0.15) is 5.10 Å². The fourth-order valence-electron chi connectivity index (χ4n) is 3.49. The first-order valence-corrected chi connectivity index (χ1v) is 9.74. The first kappa shape index (κ1) is 21.5. The third kappa shape index (κ3) is 5.03. The molecule has 0 unspecified atom stereocenters. The van der Waals surface area contributed by atoms with Gasteiger partial charge in [0.25, 0.3) is 0 Å². The van der Waals surface area contributed by atoms with Crippen LogP contribution in [0.1, 0.15) is 30.7 Å². The summed E-state index contributed by atoms with van der Waals surface area (Å²) in [4.78, 5) is 16.6. The summed E-state index contributed by atoms with van der Waals surface area (Å²) in [6.45, 7) is 3.01. The summed E-state index contributed by atoms with van der Waals surface area (Å²) in [6.07, 6.45) is 3.87. The van der Waals surface area contributed by atoms with Gasteiger partial charge in [0.15, 0.2) is 17.5 Å². The van der Waals surface area contributed by atoms with Crippen LogP contribution in [0.3, 0.4) is 0 Å². The van der Waals surface area contributed by atoms with E-state index in [4.69, 9.17) is 9.47 Å². The van der Waals surface area contributed by atoms with Crippen LogP contribution in [0.5, 0.6) is 11.5 Å². The minimum atomic E-state index is 0. The molecule has 29 heavy (non-hydrogen) atoms. The van der Waals surface area contributed by atoms with Crippen LogP contribution in [0, 0.1) is 0 Å². The number of guanidine groups is 1. The monoisotopic (exact) mass is 514 g/mol. The Hall–Kier alpha value is -2.24. The van der Waals surface area contributed by atoms with Crippen molar-refractivity contribution in [2.24, 2.45) is 4.99 Å². The van der Waals surface area contributed by atoms with Gasteiger partial charge in [-0.25, -0.2) is 9.48 Å². The van der Waals surface area contributed by atoms with Crippen molar-refractivity contribution in [3.05, 3.63) is 40.1 Å². The van der Waals surface area contributed by atoms with Crippen molar-refractivity contribution >= 4 is 29.9 Å². The highest BCUT2D eigenvalue weighted by molar-refractivity contribution is 14.0. The summed E-state index contributed by atoms with van der Waals surface area (Å²) >= 11 is 0. The van der Waals surface area contributed by atoms with Gasteiger partial charge in [-0.1, -0.05) is 6.07 Å². The van der Waals surface area contributed by atoms with E-state index in [1.54, 1.807) is 11.7 Å². The molecule has 3 heterocycles. The van der Waals surface area contributed by atoms with Crippen molar-refractivity contribution in [3.63, 3.8) is 0 Å². The quantitative estimate of drug-likeness (QED) is 0.263. The summed E-state index contributed by atoms with van der Waals surface area (Å²) in [6, 6.07) is 5.88. The predicted octanol–water partition coefficient (Wildman–Crippen LogP) is 1.48. The van der Waals surface area contributed by atoms with Gasteiger partial charge >= 0.3 is 5.69 Å². The van der Waals surface area contributed by atoms with Gasteiger partial charge in [-0.05, 0) is 37.0 Å². The van der Waals surface area contributed by atoms with Gasteiger partial charge in [-0.15, -0.1) is 24.0 Å². The maximum absolute atomic E-state index is 12.3. The average molecular weight is 514 g/mol. The van der Waals surface area contributed by atoms with Crippen molar-refractivity contribution in [2.45, 2.75) is 45.3 Å². The van der Waals surface area contributed by atoms with E-state index in [-0.39, 0.29) is 36.5 Å². The molecule has 2 N–H and O–H groups in total. The summed E-state index contributed by atoms with van der Waals surface area (Å²) in [5, 5.41) is 11.0. The highest BCUT2D eigenvalue weighted by Gasteiger charge is 2.16. The number of hydrogen-bond acceptors (Lipinski definition) is 5. The zero-order valence-corrected chi connectivity index (χ0v) is 18.8. The Balaban J connectivity index is 0.00000240. The van der Waals surface area contributed by atoms with Crippen molar-refractivity contribution in [2.75, 3.05) is 20.4 Å². The van der Waals surface area contributed by atoms with E-state index in [1.807, 2.05) is 22.8 Å². The Morgan fingerprint density at radius 3 is 2.93 bits per heavy atom. The van der Waals surface area contributed by atoms with Crippen LogP contribution in [-0.2, 0) is 26.1 Å². The highest BCUT2D eigenvalue weighted by atomic mass is 127. The van der Waals surface area contributed by atoms with E-state index in [9.17, 15) is 4.79 Å². The molecule has 1 aromatic heterocycles. The molecule has 0 saturated carbocycles. The number of aryl methyl sites for hydroxylation is 2. The average Bonchev–Trinajstić information content (AvgIpc) is 3.32. The van der Waals surface area contributed by atoms with E-state index in [2.05, 4.69) is 20.7 Å². The van der Waals surface area contributed by atoms with E-state index in [0.29, 0.717) is 25.6 Å². The fourth-order valence-corrected chi connectivity index (χ4v) is 3.49. The van der Waals surface area contributed by atoms with Gasteiger partial charge < -0.3 is 20.1 Å². The molecule has 0 fully saturated rings. The molecule has 158 valence electrons. The largest absolute Gasteiger partial charge is 0.454 e. The smallest absolute Gasteiger partial charge is 0.345 e. The number of hydrogen-bond donors (Lipinski definition) is 2. The molecule has 0 saturated heterocycles.